The minimum Gasteiger partial charge on any atom is -0.492 e. The number of halogens is 2. The van der Waals surface area contributed by atoms with Crippen molar-refractivity contribution in [2.45, 2.75) is 25.0 Å². The number of primary amides is 1. The highest BCUT2D eigenvalue weighted by Gasteiger charge is 2.38. The number of ether oxygens (including phenoxy) is 2. The summed E-state index contributed by atoms with van der Waals surface area (Å²) < 4.78 is 39.8. The number of carbonyl (C=O) groups excluding carboxylic acids is 1. The molecule has 2 aliphatic heterocycles. The second kappa shape index (κ2) is 10.3. The smallest absolute Gasteiger partial charge is 0.246 e. The quantitative estimate of drug-likeness (QED) is 0.632. The van der Waals surface area contributed by atoms with Gasteiger partial charge in [-0.3, -0.25) is 9.69 Å². The molecule has 4 rings (SSSR count). The molecule has 0 aliphatic carbocycles. The average molecular weight is 459 g/mol. The molecule has 0 radical (unpaired) electrons. The largest absolute Gasteiger partial charge is 0.492 e. The van der Waals surface area contributed by atoms with Gasteiger partial charge in [-0.2, -0.15) is 0 Å². The Bertz CT molecular complexity index is 987. The van der Waals surface area contributed by atoms with E-state index in [-0.39, 0.29) is 12.5 Å². The van der Waals surface area contributed by atoms with E-state index in [0.29, 0.717) is 23.8 Å². The highest BCUT2D eigenvalue weighted by molar-refractivity contribution is 5.99. The molecule has 3 N–H and O–H groups in total. The maximum Gasteiger partial charge on any atom is 0.246 e. The van der Waals surface area contributed by atoms with Gasteiger partial charge >= 0.3 is 0 Å². The Morgan fingerprint density at radius 2 is 1.82 bits per heavy atom. The fraction of sp³-hybridized carbons (Fsp3) is 0.417. The van der Waals surface area contributed by atoms with Gasteiger partial charge in [0.05, 0.1) is 0 Å². The van der Waals surface area contributed by atoms with Crippen LogP contribution in [-0.4, -0.2) is 60.7 Å². The molecule has 0 saturated carbocycles. The summed E-state index contributed by atoms with van der Waals surface area (Å²) in [6.07, 6.45) is 1.10. The monoisotopic (exact) mass is 459 g/mol. The van der Waals surface area contributed by atoms with Crippen molar-refractivity contribution < 1.29 is 28.2 Å². The predicted molar refractivity (Wildman–Crippen MR) is 118 cm³/mol. The second-order valence-corrected chi connectivity index (χ2v) is 8.30. The third-order valence-electron chi connectivity index (χ3n) is 6.10. The van der Waals surface area contributed by atoms with E-state index in [9.17, 15) is 18.7 Å². The molecule has 0 spiro atoms. The van der Waals surface area contributed by atoms with Crippen molar-refractivity contribution in [3.8, 4) is 5.75 Å². The summed E-state index contributed by atoms with van der Waals surface area (Å²) in [5.74, 6) is -1.65. The molecule has 176 valence electrons. The summed E-state index contributed by atoms with van der Waals surface area (Å²) in [6, 6.07) is 9.26. The number of nitrogens with zero attached hydrogens (tertiary/aromatic N) is 2. The SMILES string of the molecule is NC(=O)C1N=C(c2c(F)cccc2F)OC1c1ccc(OCCN2CCC(CO)CC2)cc1. The van der Waals surface area contributed by atoms with Crippen LogP contribution in [0.15, 0.2) is 47.5 Å². The molecular weight excluding hydrogens is 432 g/mol. The standard InChI is InChI=1S/C24H27F2N3O4/c25-18-2-1-3-19(26)20(18)24-28-21(23(27)31)22(33-24)16-4-6-17(7-5-16)32-13-12-29-10-8-15(14-30)9-11-29/h1-7,15,21-22,30H,8-14H2,(H2,27,31). The number of aliphatic imine (C=N–C) groups is 1. The fourth-order valence-electron chi connectivity index (χ4n) is 4.14. The number of hydrogen-bond donors (Lipinski definition) is 2. The normalized spacial score (nSPS) is 21.5. The van der Waals surface area contributed by atoms with Crippen LogP contribution in [0, 0.1) is 17.6 Å². The summed E-state index contributed by atoms with van der Waals surface area (Å²) in [4.78, 5) is 18.3. The van der Waals surface area contributed by atoms with E-state index >= 15 is 0 Å². The molecule has 9 heteroatoms. The van der Waals surface area contributed by atoms with E-state index in [1.807, 2.05) is 0 Å². The Morgan fingerprint density at radius 3 is 2.42 bits per heavy atom. The Balaban J connectivity index is 1.37. The molecule has 7 nitrogen and oxygen atoms in total. The molecular formula is C24H27F2N3O4. The minimum absolute atomic E-state index is 0.250. The van der Waals surface area contributed by atoms with Crippen molar-refractivity contribution in [3.05, 3.63) is 65.2 Å². The minimum atomic E-state index is -1.10. The van der Waals surface area contributed by atoms with Crippen LogP contribution < -0.4 is 10.5 Å². The first-order valence-corrected chi connectivity index (χ1v) is 11.0. The van der Waals surface area contributed by atoms with Gasteiger partial charge in [-0.15, -0.1) is 0 Å². The van der Waals surface area contributed by atoms with E-state index in [2.05, 4.69) is 9.89 Å². The molecule has 2 atom stereocenters. The van der Waals surface area contributed by atoms with Crippen LogP contribution >= 0.6 is 0 Å². The molecule has 2 aromatic carbocycles. The van der Waals surface area contributed by atoms with Gasteiger partial charge < -0.3 is 20.3 Å². The zero-order valence-corrected chi connectivity index (χ0v) is 18.1. The zero-order chi connectivity index (χ0) is 23.4. The Labute approximate surface area is 190 Å². The van der Waals surface area contributed by atoms with Crippen molar-refractivity contribution >= 4 is 11.8 Å². The molecule has 0 bridgehead atoms. The summed E-state index contributed by atoms with van der Waals surface area (Å²) in [5, 5.41) is 9.23. The summed E-state index contributed by atoms with van der Waals surface area (Å²) in [7, 11) is 0. The van der Waals surface area contributed by atoms with E-state index in [1.165, 1.54) is 6.07 Å². The van der Waals surface area contributed by atoms with Gasteiger partial charge in [0, 0.05) is 13.2 Å². The number of piperidine rings is 1. The summed E-state index contributed by atoms with van der Waals surface area (Å²) in [5.41, 5.74) is 5.64. The second-order valence-electron chi connectivity index (χ2n) is 8.30. The van der Waals surface area contributed by atoms with Crippen molar-refractivity contribution in [1.82, 2.24) is 4.90 Å². The first-order valence-electron chi connectivity index (χ1n) is 11.0. The highest BCUT2D eigenvalue weighted by Crippen LogP contribution is 2.33. The molecule has 2 aliphatic rings. The van der Waals surface area contributed by atoms with Crippen molar-refractivity contribution in [2.75, 3.05) is 32.8 Å². The van der Waals surface area contributed by atoms with E-state index in [4.69, 9.17) is 15.2 Å². The molecule has 2 aromatic rings. The highest BCUT2D eigenvalue weighted by atomic mass is 19.1. The van der Waals surface area contributed by atoms with Crippen LogP contribution in [0.3, 0.4) is 0 Å². The fourth-order valence-corrected chi connectivity index (χ4v) is 4.14. The number of nitrogens with two attached hydrogens (primary N) is 1. The van der Waals surface area contributed by atoms with Gasteiger partial charge in [0.1, 0.15) is 29.6 Å². The van der Waals surface area contributed by atoms with Crippen LogP contribution in [0.5, 0.6) is 5.75 Å². The molecule has 1 saturated heterocycles. The Morgan fingerprint density at radius 1 is 1.15 bits per heavy atom. The lowest BCUT2D eigenvalue weighted by molar-refractivity contribution is -0.120. The average Bonchev–Trinajstić information content (AvgIpc) is 3.25. The lowest BCUT2D eigenvalue weighted by atomic mass is 9.98. The Hall–Kier alpha value is -3.04. The first-order chi connectivity index (χ1) is 16.0. The van der Waals surface area contributed by atoms with E-state index in [1.54, 1.807) is 24.3 Å². The molecule has 33 heavy (non-hydrogen) atoms. The topological polar surface area (TPSA) is 97.4 Å². The van der Waals surface area contributed by atoms with Crippen molar-refractivity contribution in [2.24, 2.45) is 16.6 Å². The van der Waals surface area contributed by atoms with Gasteiger partial charge in [0.15, 0.2) is 12.1 Å². The number of aliphatic hydroxyl groups excluding tert-OH is 1. The summed E-state index contributed by atoms with van der Waals surface area (Å²) in [6.45, 7) is 3.46. The lowest BCUT2D eigenvalue weighted by Crippen LogP contribution is -2.37. The van der Waals surface area contributed by atoms with Gasteiger partial charge in [0.25, 0.3) is 0 Å². The number of amides is 1. The third-order valence-corrected chi connectivity index (χ3v) is 6.10. The number of hydrogen-bond acceptors (Lipinski definition) is 6. The predicted octanol–water partition coefficient (Wildman–Crippen LogP) is 2.42. The van der Waals surface area contributed by atoms with Gasteiger partial charge in [0.2, 0.25) is 11.8 Å². The third kappa shape index (κ3) is 5.31. The maximum absolute atomic E-state index is 14.2. The van der Waals surface area contributed by atoms with Crippen molar-refractivity contribution in [3.63, 3.8) is 0 Å². The number of benzene rings is 2. The maximum atomic E-state index is 14.2. The van der Waals surface area contributed by atoms with Crippen LogP contribution in [0.1, 0.15) is 30.1 Å². The van der Waals surface area contributed by atoms with Crippen LogP contribution in [0.4, 0.5) is 8.78 Å². The lowest BCUT2D eigenvalue weighted by Gasteiger charge is -2.30. The van der Waals surface area contributed by atoms with Crippen molar-refractivity contribution in [1.29, 1.82) is 0 Å². The van der Waals surface area contributed by atoms with Crippen LogP contribution in [0.2, 0.25) is 0 Å². The summed E-state index contributed by atoms with van der Waals surface area (Å²) >= 11 is 0. The van der Waals surface area contributed by atoms with E-state index in [0.717, 1.165) is 44.6 Å². The molecule has 2 heterocycles. The number of rotatable bonds is 8. The van der Waals surface area contributed by atoms with Gasteiger partial charge in [-0.25, -0.2) is 13.8 Å². The van der Waals surface area contributed by atoms with Gasteiger partial charge in [-0.1, -0.05) is 18.2 Å². The molecule has 0 aromatic heterocycles. The Kier molecular flexibility index (Phi) is 7.20. The number of likely N-dealkylation sites (tertiary alicyclic amines) is 1. The molecule has 1 fully saturated rings. The first kappa shape index (κ1) is 23.1. The number of carbonyl (C=O) groups is 1. The zero-order valence-electron chi connectivity index (χ0n) is 18.1. The van der Waals surface area contributed by atoms with Gasteiger partial charge in [-0.05, 0) is 61.7 Å². The van der Waals surface area contributed by atoms with E-state index < -0.39 is 35.3 Å². The number of aliphatic hydroxyl groups is 1. The van der Waals surface area contributed by atoms with Crippen LogP contribution in [0.25, 0.3) is 0 Å². The molecule has 1 amide bonds. The molecule has 2 unspecified atom stereocenters. The van der Waals surface area contributed by atoms with Crippen LogP contribution in [-0.2, 0) is 9.53 Å².